The number of hydrogen-bond donors (Lipinski definition) is 2. The van der Waals surface area contributed by atoms with Crippen LogP contribution in [0, 0.1) is 0 Å². The highest BCUT2D eigenvalue weighted by molar-refractivity contribution is 6.01. The standard InChI is InChI=1S/C30H32FN3O7/c1-38-25-9-5-4-7-22(25)32-30(37)33-23-15-10-19(17-26(23)39-2)18-27(35)34-16-6-8-24(34)28(31)41-21-13-11-20(12-14-21)29(36)40-3/h4-5,7,9-15,17,24,28H,6,8,16,18H2,1-3H3,(H2,32,33,37)/t24-,28?/m0/s1. The number of nitrogens with one attached hydrogen (secondary N) is 2. The maximum atomic E-state index is 15.2. The lowest BCUT2D eigenvalue weighted by atomic mass is 10.1. The lowest BCUT2D eigenvalue weighted by Gasteiger charge is -2.27. The fraction of sp³-hybridized carbons (Fsp3) is 0.300. The third-order valence-corrected chi connectivity index (χ3v) is 6.67. The van der Waals surface area contributed by atoms with E-state index in [2.05, 4.69) is 15.4 Å². The SMILES string of the molecule is COC(=O)c1ccc(OC(F)[C@@H]2CCCN2C(=O)Cc2ccc(NC(=O)Nc3ccccc3OC)c(OC)c2)cc1. The summed E-state index contributed by atoms with van der Waals surface area (Å²) in [5, 5.41) is 5.47. The molecular formula is C30H32FN3O7. The van der Waals surface area contributed by atoms with Gasteiger partial charge in [0.05, 0.1) is 50.7 Å². The Hall–Kier alpha value is -4.80. The zero-order chi connectivity index (χ0) is 29.4. The van der Waals surface area contributed by atoms with E-state index in [-0.39, 0.29) is 18.1 Å². The minimum absolute atomic E-state index is 0.0150. The van der Waals surface area contributed by atoms with Crippen molar-refractivity contribution in [1.29, 1.82) is 0 Å². The van der Waals surface area contributed by atoms with Gasteiger partial charge in [-0.2, -0.15) is 4.39 Å². The lowest BCUT2D eigenvalue weighted by Crippen LogP contribution is -2.44. The Bertz CT molecular complexity index is 1380. The van der Waals surface area contributed by atoms with Crippen molar-refractivity contribution in [2.24, 2.45) is 0 Å². The Balaban J connectivity index is 1.37. The predicted octanol–water partition coefficient (Wildman–Crippen LogP) is 5.04. The van der Waals surface area contributed by atoms with Crippen molar-refractivity contribution in [2.75, 3.05) is 38.5 Å². The largest absolute Gasteiger partial charge is 0.495 e. The van der Waals surface area contributed by atoms with Gasteiger partial charge in [0.15, 0.2) is 0 Å². The van der Waals surface area contributed by atoms with Gasteiger partial charge in [-0.3, -0.25) is 4.79 Å². The number of urea groups is 1. The monoisotopic (exact) mass is 565 g/mol. The van der Waals surface area contributed by atoms with E-state index in [1.807, 2.05) is 0 Å². The van der Waals surface area contributed by atoms with Gasteiger partial charge in [-0.15, -0.1) is 0 Å². The number of hydrogen-bond acceptors (Lipinski definition) is 7. The number of benzene rings is 3. The number of carbonyl (C=O) groups is 3. The highest BCUT2D eigenvalue weighted by atomic mass is 19.1. The minimum Gasteiger partial charge on any atom is -0.495 e. The molecule has 1 aliphatic rings. The Kier molecular flexibility index (Phi) is 9.62. The lowest BCUT2D eigenvalue weighted by molar-refractivity contribution is -0.135. The molecule has 0 radical (unpaired) electrons. The molecule has 3 aromatic carbocycles. The molecule has 10 nitrogen and oxygen atoms in total. The summed E-state index contributed by atoms with van der Waals surface area (Å²) >= 11 is 0. The van der Waals surface area contributed by atoms with Crippen LogP contribution in [-0.4, -0.2) is 63.1 Å². The molecule has 41 heavy (non-hydrogen) atoms. The number of likely N-dealkylation sites (tertiary alicyclic amines) is 1. The first-order chi connectivity index (χ1) is 19.8. The molecule has 2 atom stereocenters. The summed E-state index contributed by atoms with van der Waals surface area (Å²) in [6.07, 6.45) is -0.621. The quantitative estimate of drug-likeness (QED) is 0.331. The van der Waals surface area contributed by atoms with E-state index in [1.165, 1.54) is 50.5 Å². The van der Waals surface area contributed by atoms with Crippen molar-refractivity contribution in [2.45, 2.75) is 31.7 Å². The van der Waals surface area contributed by atoms with Crippen LogP contribution in [0.5, 0.6) is 17.2 Å². The molecular weight excluding hydrogens is 533 g/mol. The van der Waals surface area contributed by atoms with Crippen LogP contribution < -0.4 is 24.8 Å². The highest BCUT2D eigenvalue weighted by Gasteiger charge is 2.36. The van der Waals surface area contributed by atoms with Crippen LogP contribution in [0.25, 0.3) is 0 Å². The molecule has 0 saturated carbocycles. The number of halogens is 1. The van der Waals surface area contributed by atoms with Crippen molar-refractivity contribution in [3.8, 4) is 17.2 Å². The molecule has 216 valence electrons. The zero-order valence-electron chi connectivity index (χ0n) is 23.0. The topological polar surface area (TPSA) is 115 Å². The first kappa shape index (κ1) is 29.2. The van der Waals surface area contributed by atoms with Gasteiger partial charge in [-0.25, -0.2) is 9.59 Å². The third kappa shape index (κ3) is 7.24. The number of nitrogens with zero attached hydrogens (tertiary/aromatic N) is 1. The maximum absolute atomic E-state index is 15.2. The van der Waals surface area contributed by atoms with Crippen LogP contribution in [0.1, 0.15) is 28.8 Å². The first-order valence-electron chi connectivity index (χ1n) is 13.0. The number of ether oxygens (including phenoxy) is 4. The zero-order valence-corrected chi connectivity index (χ0v) is 23.0. The van der Waals surface area contributed by atoms with Crippen LogP contribution in [0.15, 0.2) is 66.7 Å². The molecule has 1 aliphatic heterocycles. The Morgan fingerprint density at radius 1 is 0.927 bits per heavy atom. The number of rotatable bonds is 10. The van der Waals surface area contributed by atoms with E-state index >= 15 is 4.39 Å². The van der Waals surface area contributed by atoms with Crippen molar-refractivity contribution >= 4 is 29.3 Å². The number of anilines is 2. The van der Waals surface area contributed by atoms with Crippen LogP contribution in [0.2, 0.25) is 0 Å². The number of amides is 3. The molecule has 0 aromatic heterocycles. The fourth-order valence-electron chi connectivity index (χ4n) is 4.62. The van der Waals surface area contributed by atoms with E-state index in [9.17, 15) is 14.4 Å². The van der Waals surface area contributed by atoms with Crippen LogP contribution in [0.4, 0.5) is 20.6 Å². The van der Waals surface area contributed by atoms with Gasteiger partial charge in [-0.1, -0.05) is 18.2 Å². The Labute approximate surface area is 237 Å². The Morgan fingerprint density at radius 3 is 2.29 bits per heavy atom. The molecule has 0 spiro atoms. The van der Waals surface area contributed by atoms with E-state index in [4.69, 9.17) is 14.2 Å². The molecule has 1 fully saturated rings. The highest BCUT2D eigenvalue weighted by Crippen LogP contribution is 2.29. The van der Waals surface area contributed by atoms with E-state index in [1.54, 1.807) is 42.5 Å². The second-order valence-corrected chi connectivity index (χ2v) is 9.27. The smallest absolute Gasteiger partial charge is 0.337 e. The van der Waals surface area contributed by atoms with Gasteiger partial charge in [-0.05, 0) is 66.9 Å². The van der Waals surface area contributed by atoms with Crippen molar-refractivity contribution < 1.29 is 37.7 Å². The van der Waals surface area contributed by atoms with Gasteiger partial charge >= 0.3 is 12.0 Å². The molecule has 1 unspecified atom stereocenters. The van der Waals surface area contributed by atoms with E-state index < -0.39 is 24.4 Å². The predicted molar refractivity (Wildman–Crippen MR) is 150 cm³/mol. The van der Waals surface area contributed by atoms with Crippen LogP contribution >= 0.6 is 0 Å². The van der Waals surface area contributed by atoms with Crippen molar-refractivity contribution in [3.63, 3.8) is 0 Å². The summed E-state index contributed by atoms with van der Waals surface area (Å²) in [4.78, 5) is 38.9. The normalized spacial score (nSPS) is 15.0. The molecule has 0 bridgehead atoms. The first-order valence-corrected chi connectivity index (χ1v) is 13.0. The van der Waals surface area contributed by atoms with Gasteiger partial charge < -0.3 is 34.5 Å². The molecule has 1 heterocycles. The molecule has 3 aromatic rings. The molecule has 1 saturated heterocycles. The van der Waals surface area contributed by atoms with Gasteiger partial charge in [0.25, 0.3) is 6.36 Å². The number of esters is 1. The van der Waals surface area contributed by atoms with E-state index in [0.29, 0.717) is 53.4 Å². The summed E-state index contributed by atoms with van der Waals surface area (Å²) < 4.78 is 36.0. The minimum atomic E-state index is -1.74. The second kappa shape index (κ2) is 13.5. The molecule has 0 aliphatic carbocycles. The summed E-state index contributed by atoms with van der Waals surface area (Å²) in [5.74, 6) is 0.368. The molecule has 11 heteroatoms. The van der Waals surface area contributed by atoms with Gasteiger partial charge in [0.2, 0.25) is 5.91 Å². The molecule has 4 rings (SSSR count). The summed E-state index contributed by atoms with van der Waals surface area (Å²) in [6.45, 7) is 0.411. The van der Waals surface area contributed by atoms with Crippen LogP contribution in [-0.2, 0) is 16.0 Å². The van der Waals surface area contributed by atoms with Gasteiger partial charge in [0.1, 0.15) is 17.2 Å². The number of methoxy groups -OCH3 is 3. The van der Waals surface area contributed by atoms with Crippen molar-refractivity contribution in [3.05, 3.63) is 77.9 Å². The van der Waals surface area contributed by atoms with Crippen molar-refractivity contribution in [1.82, 2.24) is 4.90 Å². The molecule has 3 amide bonds. The fourth-order valence-corrected chi connectivity index (χ4v) is 4.62. The Morgan fingerprint density at radius 2 is 1.61 bits per heavy atom. The summed E-state index contributed by atoms with van der Waals surface area (Å²) in [6, 6.07) is 16.7. The number of alkyl halides is 1. The van der Waals surface area contributed by atoms with Gasteiger partial charge in [0, 0.05) is 6.54 Å². The second-order valence-electron chi connectivity index (χ2n) is 9.27. The number of para-hydroxylation sites is 2. The average Bonchev–Trinajstić information content (AvgIpc) is 3.49. The maximum Gasteiger partial charge on any atom is 0.337 e. The average molecular weight is 566 g/mol. The molecule has 2 N–H and O–H groups in total. The number of carbonyl (C=O) groups excluding carboxylic acids is 3. The summed E-state index contributed by atoms with van der Waals surface area (Å²) in [5.41, 5.74) is 1.87. The van der Waals surface area contributed by atoms with Crippen LogP contribution in [0.3, 0.4) is 0 Å². The van der Waals surface area contributed by atoms with E-state index in [0.717, 1.165) is 0 Å². The third-order valence-electron chi connectivity index (χ3n) is 6.67. The summed E-state index contributed by atoms with van der Waals surface area (Å²) in [7, 11) is 4.25.